The summed E-state index contributed by atoms with van der Waals surface area (Å²) in [5, 5.41) is 21.9. The Hall–Kier alpha value is -1.86. The maximum Gasteiger partial charge on any atom is 0.228 e. The Morgan fingerprint density at radius 1 is 1.43 bits per heavy atom. The van der Waals surface area contributed by atoms with Crippen LogP contribution in [0.25, 0.3) is 0 Å². The highest BCUT2D eigenvalue weighted by Gasteiger charge is 2.46. The summed E-state index contributed by atoms with van der Waals surface area (Å²) in [5.74, 6) is 2.57. The molecule has 5 N–H and O–H groups in total. The first-order valence-corrected chi connectivity index (χ1v) is 10.2. The van der Waals surface area contributed by atoms with Gasteiger partial charge in [-0.3, -0.25) is 5.41 Å². The third-order valence-electron chi connectivity index (χ3n) is 5.92. The van der Waals surface area contributed by atoms with E-state index in [0.29, 0.717) is 40.4 Å². The smallest absolute Gasteiger partial charge is 0.228 e. The van der Waals surface area contributed by atoms with Gasteiger partial charge in [0.05, 0.1) is 5.60 Å². The monoisotopic (exact) mass is 406 g/mol. The zero-order valence-corrected chi connectivity index (χ0v) is 17.8. The molecular formula is C20H31ClN6O. The number of halogens is 1. The molecule has 0 aliphatic heterocycles. The summed E-state index contributed by atoms with van der Waals surface area (Å²) >= 11 is 6.24. The fourth-order valence-corrected chi connectivity index (χ4v) is 5.47. The zero-order valence-electron chi connectivity index (χ0n) is 17.0. The Morgan fingerprint density at radius 2 is 2.14 bits per heavy atom. The fraction of sp³-hybridized carbons (Fsp3) is 0.650. The molecule has 0 aromatic carbocycles. The molecule has 154 valence electrons. The lowest BCUT2D eigenvalue weighted by atomic mass is 9.61. The number of nitrogens with zero attached hydrogens (tertiary/aromatic N) is 3. The second-order valence-corrected chi connectivity index (χ2v) is 9.27. The van der Waals surface area contributed by atoms with Gasteiger partial charge in [-0.1, -0.05) is 18.5 Å². The number of aromatic nitrogens is 2. The number of nitrogens with two attached hydrogens (primary N) is 1. The van der Waals surface area contributed by atoms with E-state index in [0.717, 1.165) is 25.7 Å². The number of amidine groups is 1. The minimum Gasteiger partial charge on any atom is -0.402 e. The van der Waals surface area contributed by atoms with Crippen molar-refractivity contribution < 1.29 is 5.11 Å². The van der Waals surface area contributed by atoms with E-state index in [9.17, 15) is 5.11 Å². The third-order valence-corrected chi connectivity index (χ3v) is 6.11. The second-order valence-electron chi connectivity index (χ2n) is 8.88. The van der Waals surface area contributed by atoms with E-state index >= 15 is 0 Å². The lowest BCUT2D eigenvalue weighted by Crippen LogP contribution is -2.53. The number of hydrogen-bond donors (Lipinski definition) is 4. The Morgan fingerprint density at radius 3 is 2.82 bits per heavy atom. The predicted molar refractivity (Wildman–Crippen MR) is 114 cm³/mol. The SMILES string of the molecule is C/C(N)=C/C(=N)Nc1cc(Cl)nc(N(C)C2C(C)CC3CC2CC(C)(O)C3)n1. The molecule has 2 saturated carbocycles. The van der Waals surface area contributed by atoms with Crippen molar-refractivity contribution >= 4 is 29.2 Å². The Labute approximate surface area is 171 Å². The molecule has 2 bridgehead atoms. The molecule has 1 aromatic rings. The van der Waals surface area contributed by atoms with Crippen molar-refractivity contribution in [3.8, 4) is 0 Å². The number of rotatable bonds is 4. The summed E-state index contributed by atoms with van der Waals surface area (Å²) in [6, 6.07) is 1.83. The van der Waals surface area contributed by atoms with Crippen LogP contribution >= 0.6 is 11.6 Å². The number of fused-ring (bicyclic) bond motifs is 2. The van der Waals surface area contributed by atoms with Crippen molar-refractivity contribution in [3.63, 3.8) is 0 Å². The van der Waals surface area contributed by atoms with Crippen molar-refractivity contribution in [3.05, 3.63) is 23.0 Å². The summed E-state index contributed by atoms with van der Waals surface area (Å²) in [6.07, 6.45) is 5.43. The number of nitrogens with one attached hydrogen (secondary N) is 2. The molecule has 2 aliphatic carbocycles. The first-order valence-electron chi connectivity index (χ1n) is 9.83. The van der Waals surface area contributed by atoms with Crippen LogP contribution in [-0.4, -0.2) is 39.6 Å². The van der Waals surface area contributed by atoms with Gasteiger partial charge in [0.2, 0.25) is 5.95 Å². The number of aliphatic hydroxyl groups is 1. The summed E-state index contributed by atoms with van der Waals surface area (Å²) in [5.41, 5.74) is 5.56. The summed E-state index contributed by atoms with van der Waals surface area (Å²) in [7, 11) is 2.00. The van der Waals surface area contributed by atoms with Gasteiger partial charge < -0.3 is 21.1 Å². The molecule has 8 heteroatoms. The van der Waals surface area contributed by atoms with E-state index in [1.165, 1.54) is 6.08 Å². The van der Waals surface area contributed by atoms with Crippen LogP contribution in [0.5, 0.6) is 0 Å². The van der Waals surface area contributed by atoms with Gasteiger partial charge in [-0.15, -0.1) is 0 Å². The average Bonchev–Trinajstić information content (AvgIpc) is 2.50. The van der Waals surface area contributed by atoms with Crippen LogP contribution in [0.15, 0.2) is 17.8 Å². The van der Waals surface area contributed by atoms with Crippen LogP contribution in [-0.2, 0) is 0 Å². The number of hydrogen-bond acceptors (Lipinski definition) is 6. The topological polar surface area (TPSA) is 111 Å². The van der Waals surface area contributed by atoms with Gasteiger partial charge in [0.25, 0.3) is 0 Å². The lowest BCUT2D eigenvalue weighted by Gasteiger charge is -2.51. The molecule has 2 aliphatic rings. The summed E-state index contributed by atoms with van der Waals surface area (Å²) in [6.45, 7) is 5.95. The maximum atomic E-state index is 10.7. The van der Waals surface area contributed by atoms with E-state index in [2.05, 4.69) is 27.1 Å². The largest absolute Gasteiger partial charge is 0.402 e. The van der Waals surface area contributed by atoms with Crippen molar-refractivity contribution in [2.75, 3.05) is 17.3 Å². The molecule has 2 fully saturated rings. The van der Waals surface area contributed by atoms with Crippen molar-refractivity contribution in [1.82, 2.24) is 9.97 Å². The molecule has 0 saturated heterocycles. The molecule has 7 nitrogen and oxygen atoms in total. The van der Waals surface area contributed by atoms with Gasteiger partial charge in [-0.05, 0) is 63.4 Å². The molecular weight excluding hydrogens is 376 g/mol. The van der Waals surface area contributed by atoms with Gasteiger partial charge >= 0.3 is 0 Å². The van der Waals surface area contributed by atoms with Crippen LogP contribution in [0.2, 0.25) is 5.15 Å². The van der Waals surface area contributed by atoms with Gasteiger partial charge in [0.15, 0.2) is 0 Å². The van der Waals surface area contributed by atoms with Crippen molar-refractivity contribution in [1.29, 1.82) is 5.41 Å². The van der Waals surface area contributed by atoms with Gasteiger partial charge in [-0.2, -0.15) is 4.98 Å². The van der Waals surface area contributed by atoms with Crippen LogP contribution in [0.3, 0.4) is 0 Å². The quantitative estimate of drug-likeness (QED) is 0.346. The minimum absolute atomic E-state index is 0.139. The number of allylic oxidation sites excluding steroid dienone is 1. The molecule has 0 spiro atoms. The van der Waals surface area contributed by atoms with Crippen LogP contribution in [0.4, 0.5) is 11.8 Å². The lowest BCUT2D eigenvalue weighted by molar-refractivity contribution is -0.0534. The van der Waals surface area contributed by atoms with Gasteiger partial charge in [0, 0.05) is 24.9 Å². The fourth-order valence-electron chi connectivity index (χ4n) is 5.29. The summed E-state index contributed by atoms with van der Waals surface area (Å²) in [4.78, 5) is 11.1. The van der Waals surface area contributed by atoms with Gasteiger partial charge in [-0.25, -0.2) is 4.98 Å². The molecule has 28 heavy (non-hydrogen) atoms. The first-order chi connectivity index (χ1) is 13.0. The Balaban J connectivity index is 1.84. The van der Waals surface area contributed by atoms with E-state index in [1.54, 1.807) is 13.0 Å². The van der Waals surface area contributed by atoms with E-state index in [4.69, 9.17) is 22.7 Å². The number of anilines is 2. The Kier molecular flexibility index (Phi) is 5.87. The van der Waals surface area contributed by atoms with E-state index < -0.39 is 5.60 Å². The molecule has 0 radical (unpaired) electrons. The Bertz CT molecular complexity index is 774. The van der Waals surface area contributed by atoms with E-state index in [1.807, 2.05) is 14.0 Å². The van der Waals surface area contributed by atoms with Crippen LogP contribution < -0.4 is 16.0 Å². The molecule has 1 heterocycles. The summed E-state index contributed by atoms with van der Waals surface area (Å²) < 4.78 is 0. The van der Waals surface area contributed by atoms with Crippen LogP contribution in [0.1, 0.15) is 46.5 Å². The molecule has 1 aromatic heterocycles. The average molecular weight is 407 g/mol. The third kappa shape index (κ3) is 4.75. The second kappa shape index (κ2) is 7.87. The highest BCUT2D eigenvalue weighted by atomic mass is 35.5. The van der Waals surface area contributed by atoms with Crippen molar-refractivity contribution in [2.24, 2.45) is 23.5 Å². The van der Waals surface area contributed by atoms with E-state index in [-0.39, 0.29) is 11.9 Å². The zero-order chi connectivity index (χ0) is 20.6. The normalized spacial score (nSPS) is 32.7. The predicted octanol–water partition coefficient (Wildman–Crippen LogP) is 3.39. The molecule has 5 atom stereocenters. The highest BCUT2D eigenvalue weighted by molar-refractivity contribution is 6.29. The standard InChI is InChI=1S/C20H31ClN6O/c1-11-5-13-7-14(10-20(3,28)9-13)18(11)27(4)19-24-15(21)8-17(26-19)25-16(23)6-12(2)22/h6,8,11,13-14,18,28H,5,7,9-10,22H2,1-4H3,(H2,23,24,25,26)/b12-6-. The molecule has 3 rings (SSSR count). The minimum atomic E-state index is -0.601. The van der Waals surface area contributed by atoms with Crippen LogP contribution in [0, 0.1) is 23.2 Å². The van der Waals surface area contributed by atoms with Crippen molar-refractivity contribution in [2.45, 2.75) is 58.1 Å². The highest BCUT2D eigenvalue weighted by Crippen LogP contribution is 2.48. The van der Waals surface area contributed by atoms with Gasteiger partial charge in [0.1, 0.15) is 16.8 Å². The maximum absolute atomic E-state index is 10.7. The molecule has 5 unspecified atom stereocenters. The first kappa shape index (κ1) is 20.9. The molecule has 0 amide bonds.